The molecule has 1 saturated heterocycles. The van der Waals surface area contributed by atoms with Crippen molar-refractivity contribution in [3.63, 3.8) is 0 Å². The summed E-state index contributed by atoms with van der Waals surface area (Å²) < 4.78 is 73.1. The molecule has 1 aliphatic heterocycles. The molecule has 1 aliphatic rings. The van der Waals surface area contributed by atoms with Crippen molar-refractivity contribution >= 4 is 11.6 Å². The van der Waals surface area contributed by atoms with Crippen molar-refractivity contribution in [2.75, 3.05) is 19.8 Å². The Hall–Kier alpha value is -3.93. The van der Waals surface area contributed by atoms with Crippen LogP contribution in [0.15, 0.2) is 101 Å². The molecule has 3 unspecified atom stereocenters. The van der Waals surface area contributed by atoms with E-state index in [2.05, 4.69) is 15.0 Å². The molecule has 0 radical (unpaired) electrons. The van der Waals surface area contributed by atoms with E-state index in [0.29, 0.717) is 0 Å². The third-order valence-electron chi connectivity index (χ3n) is 7.15. The molecule has 0 bridgehead atoms. The summed E-state index contributed by atoms with van der Waals surface area (Å²) in [7, 11) is 0. The van der Waals surface area contributed by atoms with E-state index in [1.54, 1.807) is 18.2 Å². The van der Waals surface area contributed by atoms with E-state index in [0.717, 1.165) is 11.1 Å². The summed E-state index contributed by atoms with van der Waals surface area (Å²) in [6, 6.07) is 26.6. The SMILES string of the molecule is CC(CN=[N+]=[N-])COCC1O[C@@H](OC(=Nc2ccccc2)C(F)(F)F)C(OCc2ccccc2)[C@@H](C)[C@H]1OCc1ccccc1. The maximum atomic E-state index is 14.3. The van der Waals surface area contributed by atoms with Crippen LogP contribution in [0.2, 0.25) is 0 Å². The van der Waals surface area contributed by atoms with Crippen LogP contribution in [-0.2, 0) is 36.9 Å². The topological polar surface area (TPSA) is 107 Å². The highest BCUT2D eigenvalue weighted by Gasteiger charge is 2.49. The second kappa shape index (κ2) is 17.0. The van der Waals surface area contributed by atoms with Crippen LogP contribution in [0.3, 0.4) is 0 Å². The number of rotatable bonds is 14. The van der Waals surface area contributed by atoms with Gasteiger partial charge in [-0.3, -0.25) is 0 Å². The van der Waals surface area contributed by atoms with Gasteiger partial charge in [-0.05, 0) is 34.7 Å². The third kappa shape index (κ3) is 10.6. The van der Waals surface area contributed by atoms with Crippen LogP contribution in [0.4, 0.5) is 18.9 Å². The lowest BCUT2D eigenvalue weighted by atomic mass is 9.90. The normalized spacial score (nSPS) is 22.8. The van der Waals surface area contributed by atoms with E-state index in [9.17, 15) is 13.2 Å². The number of para-hydroxylation sites is 1. The van der Waals surface area contributed by atoms with Gasteiger partial charge in [-0.2, -0.15) is 13.2 Å². The average Bonchev–Trinajstić information content (AvgIpc) is 3.04. The first kappa shape index (κ1) is 34.0. The zero-order valence-corrected chi connectivity index (χ0v) is 25.1. The van der Waals surface area contributed by atoms with Crippen molar-refractivity contribution in [3.05, 3.63) is 113 Å². The van der Waals surface area contributed by atoms with E-state index in [4.69, 9.17) is 29.2 Å². The molecule has 0 saturated carbocycles. The predicted molar refractivity (Wildman–Crippen MR) is 163 cm³/mol. The molecule has 0 spiro atoms. The molecule has 3 aromatic rings. The standard InChI is InChI=1S/C33H37F3N4O5/c1-23(18-38-40-37)19-41-22-28-29(42-20-25-12-6-3-7-13-25)24(2)30(43-21-26-14-8-4-9-15-26)31(44-28)45-32(33(34,35)36)39-27-16-10-5-11-17-27/h3-17,23-24,28-31H,18-22H2,1-2H3/t23?,24-,28?,29+,30?,31-/m0/s1. The van der Waals surface area contributed by atoms with Gasteiger partial charge < -0.3 is 23.7 Å². The molecule has 3 aromatic carbocycles. The Kier molecular flexibility index (Phi) is 12.8. The van der Waals surface area contributed by atoms with Gasteiger partial charge in [0, 0.05) is 24.0 Å². The van der Waals surface area contributed by atoms with Gasteiger partial charge in [0.05, 0.1) is 31.6 Å². The zero-order chi connectivity index (χ0) is 32.1. The van der Waals surface area contributed by atoms with E-state index in [1.807, 2.05) is 74.5 Å². The van der Waals surface area contributed by atoms with Crippen LogP contribution >= 0.6 is 0 Å². The van der Waals surface area contributed by atoms with Gasteiger partial charge in [0.2, 0.25) is 6.29 Å². The molecule has 0 aromatic heterocycles. The van der Waals surface area contributed by atoms with Crippen LogP contribution in [0.1, 0.15) is 25.0 Å². The number of ether oxygens (including phenoxy) is 5. The highest BCUT2D eigenvalue weighted by atomic mass is 19.4. The van der Waals surface area contributed by atoms with Gasteiger partial charge in [-0.25, -0.2) is 4.99 Å². The Labute approximate surface area is 260 Å². The average molecular weight is 627 g/mol. The van der Waals surface area contributed by atoms with Gasteiger partial charge in [-0.15, -0.1) is 0 Å². The number of aliphatic imine (C=N–C) groups is 1. The highest BCUT2D eigenvalue weighted by Crippen LogP contribution is 2.35. The van der Waals surface area contributed by atoms with Gasteiger partial charge >= 0.3 is 6.18 Å². The smallest absolute Gasteiger partial charge is 0.441 e. The Bertz CT molecular complexity index is 1380. The maximum Gasteiger partial charge on any atom is 0.468 e. The lowest BCUT2D eigenvalue weighted by Gasteiger charge is -2.45. The zero-order valence-electron chi connectivity index (χ0n) is 25.1. The Morgan fingerprint density at radius 3 is 2.00 bits per heavy atom. The summed E-state index contributed by atoms with van der Waals surface area (Å²) >= 11 is 0. The van der Waals surface area contributed by atoms with E-state index >= 15 is 0 Å². The van der Waals surface area contributed by atoms with Gasteiger partial charge in [0.15, 0.2) is 0 Å². The molecule has 0 amide bonds. The van der Waals surface area contributed by atoms with Crippen molar-refractivity contribution in [1.82, 2.24) is 0 Å². The van der Waals surface area contributed by atoms with Crippen LogP contribution in [0.5, 0.6) is 0 Å². The number of benzene rings is 3. The summed E-state index contributed by atoms with van der Waals surface area (Å²) in [6.07, 6.45) is -8.80. The van der Waals surface area contributed by atoms with Crippen molar-refractivity contribution in [2.24, 2.45) is 21.9 Å². The third-order valence-corrected chi connectivity index (χ3v) is 7.15. The first-order valence-corrected chi connectivity index (χ1v) is 14.7. The number of nitrogens with zero attached hydrogens (tertiary/aromatic N) is 4. The Morgan fingerprint density at radius 1 is 0.889 bits per heavy atom. The fraction of sp³-hybridized carbons (Fsp3) is 0.424. The quantitative estimate of drug-likeness (QED) is 0.0597. The van der Waals surface area contributed by atoms with Gasteiger partial charge in [0.25, 0.3) is 5.90 Å². The predicted octanol–water partition coefficient (Wildman–Crippen LogP) is 7.79. The second-order valence-electron chi connectivity index (χ2n) is 10.8. The molecule has 1 fully saturated rings. The van der Waals surface area contributed by atoms with Crippen LogP contribution in [-0.4, -0.2) is 56.4 Å². The van der Waals surface area contributed by atoms with Crippen molar-refractivity contribution < 1.29 is 36.9 Å². The van der Waals surface area contributed by atoms with Gasteiger partial charge in [0.1, 0.15) is 12.2 Å². The van der Waals surface area contributed by atoms with E-state index in [-0.39, 0.29) is 44.6 Å². The monoisotopic (exact) mass is 626 g/mol. The second-order valence-corrected chi connectivity index (χ2v) is 10.8. The van der Waals surface area contributed by atoms with Crippen LogP contribution in [0.25, 0.3) is 10.4 Å². The van der Waals surface area contributed by atoms with E-state index in [1.165, 1.54) is 12.1 Å². The summed E-state index contributed by atoms with van der Waals surface area (Å²) in [6.45, 7) is 4.51. The number of azide groups is 1. The lowest BCUT2D eigenvalue weighted by Crippen LogP contribution is -2.58. The van der Waals surface area contributed by atoms with Crippen molar-refractivity contribution in [2.45, 2.75) is 57.8 Å². The minimum Gasteiger partial charge on any atom is -0.441 e. The molecule has 0 aliphatic carbocycles. The molecule has 240 valence electrons. The molecule has 6 atom stereocenters. The van der Waals surface area contributed by atoms with Crippen molar-refractivity contribution in [3.8, 4) is 0 Å². The molecule has 1 heterocycles. The Balaban J connectivity index is 1.62. The summed E-state index contributed by atoms with van der Waals surface area (Å²) in [4.78, 5) is 6.54. The molecular formula is C33H37F3N4O5. The maximum absolute atomic E-state index is 14.3. The molecule has 9 nitrogen and oxygen atoms in total. The van der Waals surface area contributed by atoms with Gasteiger partial charge in [-0.1, -0.05) is 97.8 Å². The molecule has 12 heteroatoms. The minimum atomic E-state index is -4.91. The summed E-state index contributed by atoms with van der Waals surface area (Å²) in [5.74, 6) is -2.03. The lowest BCUT2D eigenvalue weighted by molar-refractivity contribution is -0.293. The van der Waals surface area contributed by atoms with E-state index < -0.39 is 42.6 Å². The first-order valence-electron chi connectivity index (χ1n) is 14.7. The largest absolute Gasteiger partial charge is 0.468 e. The number of hydrogen-bond donors (Lipinski definition) is 0. The molecule has 4 rings (SSSR count). The molecule has 0 N–H and O–H groups in total. The first-order chi connectivity index (χ1) is 21.7. The minimum absolute atomic E-state index is 0.00709. The fourth-order valence-electron chi connectivity index (χ4n) is 4.85. The molecular weight excluding hydrogens is 589 g/mol. The van der Waals surface area contributed by atoms with Crippen LogP contribution in [0, 0.1) is 11.8 Å². The Morgan fingerprint density at radius 2 is 1.44 bits per heavy atom. The number of hydrogen-bond acceptors (Lipinski definition) is 7. The fourth-order valence-corrected chi connectivity index (χ4v) is 4.85. The molecule has 45 heavy (non-hydrogen) atoms. The number of halogens is 3. The van der Waals surface area contributed by atoms with Crippen molar-refractivity contribution in [1.29, 1.82) is 0 Å². The highest BCUT2D eigenvalue weighted by molar-refractivity contribution is 5.84. The summed E-state index contributed by atoms with van der Waals surface area (Å²) in [5, 5.41) is 3.57. The van der Waals surface area contributed by atoms with Crippen LogP contribution < -0.4 is 0 Å². The summed E-state index contributed by atoms with van der Waals surface area (Å²) in [5.41, 5.74) is 10.4. The number of alkyl halides is 3.